The Morgan fingerprint density at radius 3 is 2.04 bits per heavy atom. The molecule has 144 valence electrons. The molecule has 2 aromatic carbocycles. The second kappa shape index (κ2) is 8.27. The molecule has 0 fully saturated rings. The van der Waals surface area contributed by atoms with Crippen LogP contribution in [-0.2, 0) is 11.3 Å². The van der Waals surface area contributed by atoms with Crippen LogP contribution in [0.2, 0.25) is 10.0 Å². The highest BCUT2D eigenvalue weighted by atomic mass is 35.5. The molecule has 9 heteroatoms. The van der Waals surface area contributed by atoms with Crippen molar-refractivity contribution in [3.05, 3.63) is 76.3 Å². The zero-order valence-electron chi connectivity index (χ0n) is 13.5. The van der Waals surface area contributed by atoms with Crippen LogP contribution < -0.4 is 0 Å². The normalized spacial score (nSPS) is 12.8. The molecule has 27 heavy (non-hydrogen) atoms. The van der Waals surface area contributed by atoms with Crippen LogP contribution in [0.3, 0.4) is 0 Å². The third-order valence-electron chi connectivity index (χ3n) is 3.37. The van der Waals surface area contributed by atoms with E-state index in [4.69, 9.17) is 23.2 Å². The van der Waals surface area contributed by atoms with Gasteiger partial charge >= 0.3 is 12.3 Å². The summed E-state index contributed by atoms with van der Waals surface area (Å²) in [6.07, 6.45) is -9.89. The predicted molar refractivity (Wildman–Crippen MR) is 95.2 cm³/mol. The van der Waals surface area contributed by atoms with Crippen LogP contribution in [0.1, 0.15) is 11.1 Å². The molecule has 0 atom stereocenters. The van der Waals surface area contributed by atoms with E-state index < -0.39 is 30.0 Å². The van der Waals surface area contributed by atoms with Crippen molar-refractivity contribution in [2.75, 3.05) is 0 Å². The molecule has 0 aliphatic rings. The molecule has 0 amide bonds. The summed E-state index contributed by atoms with van der Waals surface area (Å²) in [7, 11) is 0. The first-order valence-electron chi connectivity index (χ1n) is 7.39. The molecule has 0 unspecified atom stereocenters. The Bertz CT molecular complexity index is 830. The molecular weight excluding hydrogens is 412 g/mol. The van der Waals surface area contributed by atoms with E-state index in [1.807, 2.05) is 0 Å². The lowest BCUT2D eigenvalue weighted by molar-refractivity contribution is -0.193. The maximum absolute atomic E-state index is 14.2. The molecule has 0 bridgehead atoms. The zero-order chi connectivity index (χ0) is 20.2. The van der Waals surface area contributed by atoms with Crippen molar-refractivity contribution in [1.29, 1.82) is 0 Å². The molecule has 0 N–H and O–H groups in total. The van der Waals surface area contributed by atoms with Crippen LogP contribution in [0.4, 0.5) is 22.0 Å². The van der Waals surface area contributed by atoms with Gasteiger partial charge in [-0.3, -0.25) is 0 Å². The summed E-state index contributed by atoms with van der Waals surface area (Å²) < 4.78 is 67.6. The number of alkyl halides is 5. The summed E-state index contributed by atoms with van der Waals surface area (Å²) in [6.45, 7) is 3.16. The first kappa shape index (κ1) is 21.2. The first-order valence-corrected chi connectivity index (χ1v) is 8.14. The van der Waals surface area contributed by atoms with E-state index in [0.29, 0.717) is 0 Å². The number of halogens is 7. The molecule has 2 rings (SSSR count). The van der Waals surface area contributed by atoms with Gasteiger partial charge in [0.1, 0.15) is 0 Å². The number of benzene rings is 2. The summed E-state index contributed by atoms with van der Waals surface area (Å²) >= 11 is 11.5. The molecule has 0 aliphatic carbocycles. The van der Waals surface area contributed by atoms with Crippen molar-refractivity contribution in [3.8, 4) is 0 Å². The minimum absolute atomic E-state index is 0.0537. The van der Waals surface area contributed by atoms with Crippen molar-refractivity contribution in [2.24, 2.45) is 5.16 Å². The van der Waals surface area contributed by atoms with Crippen molar-refractivity contribution in [2.45, 2.75) is 18.7 Å². The fourth-order valence-corrected chi connectivity index (χ4v) is 2.56. The molecule has 2 nitrogen and oxygen atoms in total. The van der Waals surface area contributed by atoms with Crippen molar-refractivity contribution < 1.29 is 26.8 Å². The van der Waals surface area contributed by atoms with E-state index in [-0.39, 0.29) is 21.2 Å². The van der Waals surface area contributed by atoms with Gasteiger partial charge in [0, 0.05) is 16.5 Å². The summed E-state index contributed by atoms with van der Waals surface area (Å²) in [4.78, 5) is 3.94. The molecule has 0 saturated heterocycles. The Morgan fingerprint density at radius 2 is 1.52 bits per heavy atom. The monoisotopic (exact) mass is 423 g/mol. The van der Waals surface area contributed by atoms with Crippen molar-refractivity contribution >= 4 is 34.5 Å². The number of hydrogen-bond donors (Lipinski definition) is 0. The smallest absolute Gasteiger partial charge is 0.318 e. The van der Waals surface area contributed by atoms with Gasteiger partial charge in [-0.05, 0) is 29.3 Å². The zero-order valence-corrected chi connectivity index (χ0v) is 15.0. The summed E-state index contributed by atoms with van der Waals surface area (Å²) in [5.41, 5.74) is -2.40. The molecule has 0 aliphatic heterocycles. The summed E-state index contributed by atoms with van der Waals surface area (Å²) in [5.74, 6) is 0. The number of hydrogen-bond acceptors (Lipinski definition) is 2. The van der Waals surface area contributed by atoms with Crippen molar-refractivity contribution in [1.82, 2.24) is 0 Å². The highest BCUT2D eigenvalue weighted by Gasteiger charge is 2.41. The van der Waals surface area contributed by atoms with Gasteiger partial charge in [-0.15, -0.1) is 0 Å². The van der Waals surface area contributed by atoms with E-state index >= 15 is 0 Å². The SMILES string of the molecule is C=C(c1cc(Cl)cc(Cl)c1)C(F)(F)O/N=C(\Cc1ccccc1)C(F)(F)F. The molecule has 0 radical (unpaired) electrons. The summed E-state index contributed by atoms with van der Waals surface area (Å²) in [6, 6.07) is 11.0. The molecule has 0 heterocycles. The van der Waals surface area contributed by atoms with Crippen LogP contribution in [0.5, 0.6) is 0 Å². The van der Waals surface area contributed by atoms with Gasteiger partial charge in [0.2, 0.25) is 0 Å². The predicted octanol–water partition coefficient (Wildman–Crippen LogP) is 6.78. The largest absolute Gasteiger partial charge is 0.446 e. The van der Waals surface area contributed by atoms with Gasteiger partial charge in [-0.2, -0.15) is 22.0 Å². The van der Waals surface area contributed by atoms with Gasteiger partial charge in [0.25, 0.3) is 0 Å². The lowest BCUT2D eigenvalue weighted by Gasteiger charge is -2.18. The second-order valence-electron chi connectivity index (χ2n) is 5.44. The highest BCUT2D eigenvalue weighted by Crippen LogP contribution is 2.35. The van der Waals surface area contributed by atoms with Gasteiger partial charge in [-0.25, -0.2) is 0 Å². The van der Waals surface area contributed by atoms with Gasteiger partial charge in [-0.1, -0.05) is 65.3 Å². The standard InChI is InChI=1S/C18H12Cl2F5NO/c1-11(13-8-14(19)10-15(20)9-13)18(24,25)27-26-16(17(21,22)23)7-12-5-3-2-4-6-12/h2-6,8-10H,1,7H2/b26-16+. The molecular formula is C18H12Cl2F5NO. The first-order chi connectivity index (χ1) is 12.5. The van der Waals surface area contributed by atoms with E-state index in [2.05, 4.69) is 16.6 Å². The highest BCUT2D eigenvalue weighted by molar-refractivity contribution is 6.34. The number of oxime groups is 1. The second-order valence-corrected chi connectivity index (χ2v) is 6.32. The van der Waals surface area contributed by atoms with Crippen LogP contribution in [0, 0.1) is 0 Å². The minimum Gasteiger partial charge on any atom is -0.318 e. The number of rotatable bonds is 6. The fraction of sp³-hybridized carbons (Fsp3) is 0.167. The average molecular weight is 424 g/mol. The fourth-order valence-electron chi connectivity index (χ4n) is 2.04. The molecule has 0 saturated carbocycles. The van der Waals surface area contributed by atoms with Gasteiger partial charge in [0.15, 0.2) is 5.71 Å². The van der Waals surface area contributed by atoms with E-state index in [1.54, 1.807) is 6.07 Å². The topological polar surface area (TPSA) is 21.6 Å². The number of nitrogens with zero attached hydrogens (tertiary/aromatic N) is 1. The average Bonchev–Trinajstić information content (AvgIpc) is 2.57. The quantitative estimate of drug-likeness (QED) is 0.285. The molecule has 0 spiro atoms. The van der Waals surface area contributed by atoms with Gasteiger partial charge in [0.05, 0.1) is 5.57 Å². The Morgan fingerprint density at radius 1 is 0.963 bits per heavy atom. The Balaban J connectivity index is 2.25. The lowest BCUT2D eigenvalue weighted by atomic mass is 10.1. The summed E-state index contributed by atoms with van der Waals surface area (Å²) in [5, 5.41) is 2.78. The maximum atomic E-state index is 14.2. The minimum atomic E-state index is -4.95. The molecule has 2 aromatic rings. The van der Waals surface area contributed by atoms with E-state index in [9.17, 15) is 22.0 Å². The molecule has 0 aromatic heterocycles. The van der Waals surface area contributed by atoms with Crippen LogP contribution in [-0.4, -0.2) is 18.0 Å². The Labute approximate surface area is 161 Å². The van der Waals surface area contributed by atoms with E-state index in [0.717, 1.165) is 12.1 Å². The van der Waals surface area contributed by atoms with Crippen molar-refractivity contribution in [3.63, 3.8) is 0 Å². The van der Waals surface area contributed by atoms with Crippen LogP contribution in [0.25, 0.3) is 5.57 Å². The van der Waals surface area contributed by atoms with Crippen LogP contribution in [0.15, 0.2) is 60.3 Å². The Hall–Kier alpha value is -2.12. The lowest BCUT2D eigenvalue weighted by Crippen LogP contribution is -2.28. The van der Waals surface area contributed by atoms with Gasteiger partial charge < -0.3 is 4.84 Å². The maximum Gasteiger partial charge on any atom is 0.446 e. The Kier molecular flexibility index (Phi) is 6.49. The van der Waals surface area contributed by atoms with Crippen LogP contribution >= 0.6 is 23.2 Å². The van der Waals surface area contributed by atoms with E-state index in [1.165, 1.54) is 30.3 Å². The third-order valence-corrected chi connectivity index (χ3v) is 3.81. The third kappa shape index (κ3) is 5.94.